The minimum absolute atomic E-state index is 0.0593. The molecule has 0 radical (unpaired) electrons. The fraction of sp³-hybridized carbons (Fsp3) is 0. The van der Waals surface area contributed by atoms with E-state index in [1.807, 2.05) is 24.3 Å². The van der Waals surface area contributed by atoms with Crippen molar-refractivity contribution in [1.82, 2.24) is 5.43 Å². The lowest BCUT2D eigenvalue weighted by Crippen LogP contribution is -2.17. The molecule has 4 rings (SSSR count). The number of hydrogen-bond acceptors (Lipinski definition) is 5. The molecule has 0 saturated carbocycles. The number of benzene rings is 4. The van der Waals surface area contributed by atoms with Gasteiger partial charge in [0, 0.05) is 10.6 Å². The standard InChI is InChI=1S/C24H17ClN2O4S/c25-21-9-4-8-20(14-21)24(28)27-26-16-17-5-3-10-22(13-17)31-32(29,30)23-12-11-18-6-1-2-7-19(18)15-23/h1-16H,(H,27,28)/b26-16-. The third-order valence-corrected chi connectivity index (χ3v) is 6.02. The van der Waals surface area contributed by atoms with Gasteiger partial charge in [-0.15, -0.1) is 0 Å². The second-order valence-corrected chi connectivity index (χ2v) is 8.81. The second kappa shape index (κ2) is 9.21. The van der Waals surface area contributed by atoms with Crippen LogP contribution in [-0.2, 0) is 10.1 Å². The highest BCUT2D eigenvalue weighted by Gasteiger charge is 2.17. The first-order chi connectivity index (χ1) is 15.4. The minimum atomic E-state index is -4.02. The van der Waals surface area contributed by atoms with Gasteiger partial charge in [-0.25, -0.2) is 5.43 Å². The van der Waals surface area contributed by atoms with Gasteiger partial charge in [0.25, 0.3) is 5.91 Å². The summed E-state index contributed by atoms with van der Waals surface area (Å²) in [6.07, 6.45) is 1.39. The Morgan fingerprint density at radius 1 is 0.875 bits per heavy atom. The van der Waals surface area contributed by atoms with Gasteiger partial charge in [0.2, 0.25) is 0 Å². The van der Waals surface area contributed by atoms with Crippen molar-refractivity contribution in [1.29, 1.82) is 0 Å². The molecule has 6 nitrogen and oxygen atoms in total. The molecule has 0 unspecified atom stereocenters. The normalized spacial score (nSPS) is 11.5. The Morgan fingerprint density at radius 3 is 2.47 bits per heavy atom. The lowest BCUT2D eigenvalue weighted by atomic mass is 10.1. The Kier molecular flexibility index (Phi) is 6.20. The topological polar surface area (TPSA) is 84.8 Å². The van der Waals surface area contributed by atoms with Crippen molar-refractivity contribution in [3.8, 4) is 5.75 Å². The van der Waals surface area contributed by atoms with Gasteiger partial charge in [0.15, 0.2) is 0 Å². The van der Waals surface area contributed by atoms with Gasteiger partial charge in [-0.3, -0.25) is 4.79 Å². The van der Waals surface area contributed by atoms with Gasteiger partial charge >= 0.3 is 10.1 Å². The maximum absolute atomic E-state index is 12.7. The van der Waals surface area contributed by atoms with Crippen LogP contribution in [0.3, 0.4) is 0 Å². The average Bonchev–Trinajstić information content (AvgIpc) is 2.78. The number of rotatable bonds is 6. The van der Waals surface area contributed by atoms with Crippen molar-refractivity contribution in [2.24, 2.45) is 5.10 Å². The first-order valence-corrected chi connectivity index (χ1v) is 11.3. The zero-order chi connectivity index (χ0) is 22.6. The Balaban J connectivity index is 1.47. The SMILES string of the molecule is O=C(N/N=C\c1cccc(OS(=O)(=O)c2ccc3ccccc3c2)c1)c1cccc(Cl)c1. The van der Waals surface area contributed by atoms with Gasteiger partial charge in [-0.05, 0) is 58.8 Å². The zero-order valence-corrected chi connectivity index (χ0v) is 18.2. The Hall–Kier alpha value is -3.68. The van der Waals surface area contributed by atoms with Crippen molar-refractivity contribution >= 4 is 44.6 Å². The number of amides is 1. The van der Waals surface area contributed by atoms with Gasteiger partial charge in [-0.2, -0.15) is 13.5 Å². The molecule has 32 heavy (non-hydrogen) atoms. The zero-order valence-electron chi connectivity index (χ0n) is 16.6. The number of hydrogen-bond donors (Lipinski definition) is 1. The maximum Gasteiger partial charge on any atom is 0.339 e. The molecule has 160 valence electrons. The van der Waals surface area contributed by atoms with Gasteiger partial charge < -0.3 is 4.18 Å². The number of carbonyl (C=O) groups is 1. The molecule has 0 bridgehead atoms. The minimum Gasteiger partial charge on any atom is -0.379 e. The molecule has 0 aliphatic rings. The number of nitrogens with one attached hydrogen (secondary N) is 1. The lowest BCUT2D eigenvalue weighted by molar-refractivity contribution is 0.0955. The molecule has 1 amide bonds. The monoisotopic (exact) mass is 464 g/mol. The summed E-state index contributed by atoms with van der Waals surface area (Å²) in [5, 5.41) is 6.08. The van der Waals surface area contributed by atoms with Crippen molar-refractivity contribution < 1.29 is 17.4 Å². The van der Waals surface area contributed by atoms with Crippen LogP contribution in [0.1, 0.15) is 15.9 Å². The maximum atomic E-state index is 12.7. The van der Waals surface area contributed by atoms with E-state index in [0.29, 0.717) is 16.1 Å². The van der Waals surface area contributed by atoms with E-state index in [1.165, 1.54) is 30.5 Å². The molecule has 0 aromatic heterocycles. The molecular weight excluding hydrogens is 448 g/mol. The van der Waals surface area contributed by atoms with Crippen LogP contribution in [0.4, 0.5) is 0 Å². The Labute approximate surface area is 190 Å². The summed E-state index contributed by atoms with van der Waals surface area (Å²) in [4.78, 5) is 12.2. The molecule has 0 aliphatic carbocycles. The predicted octanol–water partition coefficient (Wildman–Crippen LogP) is 5.02. The Morgan fingerprint density at radius 2 is 1.66 bits per heavy atom. The summed E-state index contributed by atoms with van der Waals surface area (Å²) in [6, 6.07) is 25.1. The van der Waals surface area contributed by atoms with Crippen LogP contribution in [0.2, 0.25) is 5.02 Å². The van der Waals surface area contributed by atoms with E-state index < -0.39 is 16.0 Å². The van der Waals surface area contributed by atoms with Crippen molar-refractivity contribution in [3.05, 3.63) is 107 Å². The van der Waals surface area contributed by atoms with Gasteiger partial charge in [0.1, 0.15) is 10.6 Å². The van der Waals surface area contributed by atoms with Crippen LogP contribution in [0.15, 0.2) is 101 Å². The van der Waals surface area contributed by atoms with Crippen LogP contribution in [0, 0.1) is 0 Å². The summed E-state index contributed by atoms with van der Waals surface area (Å²) in [7, 11) is -4.02. The van der Waals surface area contributed by atoms with Crippen molar-refractivity contribution in [2.75, 3.05) is 0 Å². The molecule has 0 aliphatic heterocycles. The van der Waals surface area contributed by atoms with Crippen LogP contribution in [-0.4, -0.2) is 20.5 Å². The number of hydrazone groups is 1. The summed E-state index contributed by atoms with van der Waals surface area (Å²) < 4.78 is 30.7. The van der Waals surface area contributed by atoms with Crippen LogP contribution < -0.4 is 9.61 Å². The number of carbonyl (C=O) groups excluding carboxylic acids is 1. The highest BCUT2D eigenvalue weighted by molar-refractivity contribution is 7.87. The molecule has 0 spiro atoms. The number of nitrogens with zero attached hydrogens (tertiary/aromatic N) is 1. The van der Waals surface area contributed by atoms with E-state index in [1.54, 1.807) is 42.5 Å². The molecular formula is C24H17ClN2O4S. The van der Waals surface area contributed by atoms with E-state index >= 15 is 0 Å². The quantitative estimate of drug-likeness (QED) is 0.246. The third-order valence-electron chi connectivity index (χ3n) is 4.54. The van der Waals surface area contributed by atoms with Crippen LogP contribution in [0.25, 0.3) is 10.8 Å². The number of halogens is 1. The highest BCUT2D eigenvalue weighted by atomic mass is 35.5. The molecule has 4 aromatic carbocycles. The molecule has 8 heteroatoms. The first-order valence-electron chi connectivity index (χ1n) is 9.53. The fourth-order valence-corrected chi connectivity index (χ4v) is 4.15. The first kappa shape index (κ1) is 21.5. The summed E-state index contributed by atoms with van der Waals surface area (Å²) >= 11 is 5.88. The fourth-order valence-electron chi connectivity index (χ4n) is 3.00. The molecule has 0 atom stereocenters. The summed E-state index contributed by atoms with van der Waals surface area (Å²) in [5.74, 6) is -0.293. The summed E-state index contributed by atoms with van der Waals surface area (Å²) in [5.41, 5.74) is 3.31. The van der Waals surface area contributed by atoms with Gasteiger partial charge in [-0.1, -0.05) is 60.1 Å². The third kappa shape index (κ3) is 5.14. The van der Waals surface area contributed by atoms with E-state index in [-0.39, 0.29) is 10.6 Å². The smallest absolute Gasteiger partial charge is 0.339 e. The lowest BCUT2D eigenvalue weighted by Gasteiger charge is -2.08. The average molecular weight is 465 g/mol. The highest BCUT2D eigenvalue weighted by Crippen LogP contribution is 2.23. The number of fused-ring (bicyclic) bond motifs is 1. The second-order valence-electron chi connectivity index (χ2n) is 6.83. The Bertz CT molecular complexity index is 1430. The van der Waals surface area contributed by atoms with Crippen molar-refractivity contribution in [3.63, 3.8) is 0 Å². The molecule has 1 N–H and O–H groups in total. The van der Waals surface area contributed by atoms with E-state index in [2.05, 4.69) is 10.5 Å². The van der Waals surface area contributed by atoms with Crippen molar-refractivity contribution in [2.45, 2.75) is 4.90 Å². The van der Waals surface area contributed by atoms with Gasteiger partial charge in [0.05, 0.1) is 6.21 Å². The molecule has 0 fully saturated rings. The van der Waals surface area contributed by atoms with E-state index in [0.717, 1.165) is 10.8 Å². The molecule has 0 saturated heterocycles. The predicted molar refractivity (Wildman–Crippen MR) is 125 cm³/mol. The van der Waals surface area contributed by atoms with E-state index in [9.17, 15) is 13.2 Å². The molecule has 0 heterocycles. The van der Waals surface area contributed by atoms with Crippen LogP contribution in [0.5, 0.6) is 5.75 Å². The molecule has 4 aromatic rings. The van der Waals surface area contributed by atoms with E-state index in [4.69, 9.17) is 15.8 Å². The largest absolute Gasteiger partial charge is 0.379 e. The summed E-state index contributed by atoms with van der Waals surface area (Å²) in [6.45, 7) is 0. The van der Waals surface area contributed by atoms with Crippen LogP contribution >= 0.6 is 11.6 Å².